The molecule has 2 rings (SSSR count). The lowest BCUT2D eigenvalue weighted by atomic mass is 9.82. The summed E-state index contributed by atoms with van der Waals surface area (Å²) < 4.78 is 5.47. The predicted molar refractivity (Wildman–Crippen MR) is 89.6 cm³/mol. The van der Waals surface area contributed by atoms with Crippen molar-refractivity contribution in [3.8, 4) is 0 Å². The molecule has 118 valence electrons. The third-order valence-electron chi connectivity index (χ3n) is 4.66. The molecule has 1 aliphatic rings. The van der Waals surface area contributed by atoms with Crippen LogP contribution in [0.2, 0.25) is 0 Å². The molecule has 1 heterocycles. The fourth-order valence-electron chi connectivity index (χ4n) is 2.97. The molecular weight excluding hydrogens is 258 g/mol. The van der Waals surface area contributed by atoms with Crippen molar-refractivity contribution in [2.24, 2.45) is 11.3 Å². The smallest absolute Gasteiger partial charge is 0.0471 e. The molecule has 2 nitrogen and oxygen atoms in total. The van der Waals surface area contributed by atoms with Crippen LogP contribution < -0.4 is 5.32 Å². The second-order valence-electron chi connectivity index (χ2n) is 7.37. The lowest BCUT2D eigenvalue weighted by Crippen LogP contribution is -2.37. The number of hydrogen-bond donors (Lipinski definition) is 1. The fourth-order valence-corrected chi connectivity index (χ4v) is 2.97. The molecule has 1 aromatic carbocycles. The highest BCUT2D eigenvalue weighted by molar-refractivity contribution is 5.25. The molecule has 1 aliphatic heterocycles. The summed E-state index contributed by atoms with van der Waals surface area (Å²) in [6.45, 7) is 12.1. The van der Waals surface area contributed by atoms with Gasteiger partial charge in [0.15, 0.2) is 0 Å². The SMILES string of the molecule is CC(C)Cc1ccc(C(C)NCC2(C)CCOCC2)cc1. The van der Waals surface area contributed by atoms with Crippen molar-refractivity contribution < 1.29 is 4.74 Å². The van der Waals surface area contributed by atoms with Crippen LogP contribution in [-0.4, -0.2) is 19.8 Å². The van der Waals surface area contributed by atoms with Gasteiger partial charge in [-0.15, -0.1) is 0 Å². The third-order valence-corrected chi connectivity index (χ3v) is 4.66. The van der Waals surface area contributed by atoms with Gasteiger partial charge in [-0.1, -0.05) is 45.0 Å². The molecule has 1 unspecified atom stereocenters. The zero-order valence-corrected chi connectivity index (χ0v) is 14.1. The minimum Gasteiger partial charge on any atom is -0.381 e. The number of benzene rings is 1. The monoisotopic (exact) mass is 289 g/mol. The van der Waals surface area contributed by atoms with E-state index in [0.29, 0.717) is 11.5 Å². The summed E-state index contributed by atoms with van der Waals surface area (Å²) in [7, 11) is 0. The summed E-state index contributed by atoms with van der Waals surface area (Å²) in [6, 6.07) is 9.54. The van der Waals surface area contributed by atoms with Gasteiger partial charge in [0.25, 0.3) is 0 Å². The van der Waals surface area contributed by atoms with Crippen molar-refractivity contribution in [3.05, 3.63) is 35.4 Å². The van der Waals surface area contributed by atoms with E-state index in [-0.39, 0.29) is 0 Å². The molecule has 0 bridgehead atoms. The van der Waals surface area contributed by atoms with Gasteiger partial charge in [0, 0.05) is 25.8 Å². The maximum Gasteiger partial charge on any atom is 0.0471 e. The standard InChI is InChI=1S/C19H31NO/c1-15(2)13-17-5-7-18(8-6-17)16(3)20-14-19(4)9-11-21-12-10-19/h5-8,15-16,20H,9-14H2,1-4H3. The Hall–Kier alpha value is -0.860. The van der Waals surface area contributed by atoms with Crippen LogP contribution in [0.15, 0.2) is 24.3 Å². The van der Waals surface area contributed by atoms with E-state index in [1.54, 1.807) is 0 Å². The van der Waals surface area contributed by atoms with Crippen LogP contribution in [0.1, 0.15) is 57.7 Å². The average Bonchev–Trinajstić information content (AvgIpc) is 2.46. The van der Waals surface area contributed by atoms with Crippen molar-refractivity contribution >= 4 is 0 Å². The summed E-state index contributed by atoms with van der Waals surface area (Å²) in [5, 5.41) is 3.71. The fraction of sp³-hybridized carbons (Fsp3) is 0.684. The van der Waals surface area contributed by atoms with E-state index < -0.39 is 0 Å². The van der Waals surface area contributed by atoms with E-state index >= 15 is 0 Å². The van der Waals surface area contributed by atoms with Gasteiger partial charge >= 0.3 is 0 Å². The number of rotatable bonds is 6. The number of hydrogen-bond acceptors (Lipinski definition) is 2. The van der Waals surface area contributed by atoms with Crippen molar-refractivity contribution in [2.75, 3.05) is 19.8 Å². The number of nitrogens with one attached hydrogen (secondary N) is 1. The first kappa shape index (κ1) is 16.5. The maximum absolute atomic E-state index is 5.47. The highest BCUT2D eigenvalue weighted by Crippen LogP contribution is 2.29. The molecule has 0 amide bonds. The van der Waals surface area contributed by atoms with Crippen LogP contribution in [0.4, 0.5) is 0 Å². The first-order valence-corrected chi connectivity index (χ1v) is 8.38. The topological polar surface area (TPSA) is 21.3 Å². The Balaban J connectivity index is 1.86. The number of ether oxygens (including phenoxy) is 1. The van der Waals surface area contributed by atoms with E-state index in [4.69, 9.17) is 4.74 Å². The Kier molecular flexibility index (Phi) is 5.83. The first-order valence-electron chi connectivity index (χ1n) is 8.38. The molecular formula is C19H31NO. The van der Waals surface area contributed by atoms with Crippen LogP contribution in [-0.2, 0) is 11.2 Å². The molecule has 0 radical (unpaired) electrons. The van der Waals surface area contributed by atoms with Gasteiger partial charge in [0.05, 0.1) is 0 Å². The molecule has 0 aromatic heterocycles. The second kappa shape index (κ2) is 7.42. The minimum absolute atomic E-state index is 0.393. The minimum atomic E-state index is 0.393. The Morgan fingerprint density at radius 3 is 2.29 bits per heavy atom. The molecule has 1 N–H and O–H groups in total. The van der Waals surface area contributed by atoms with Gasteiger partial charge in [-0.05, 0) is 48.6 Å². The van der Waals surface area contributed by atoms with Crippen LogP contribution in [0, 0.1) is 11.3 Å². The molecule has 1 aromatic rings. The van der Waals surface area contributed by atoms with E-state index in [1.165, 1.54) is 30.4 Å². The van der Waals surface area contributed by atoms with Crippen molar-refractivity contribution in [1.29, 1.82) is 0 Å². The van der Waals surface area contributed by atoms with Crippen molar-refractivity contribution in [3.63, 3.8) is 0 Å². The van der Waals surface area contributed by atoms with Crippen LogP contribution in [0.25, 0.3) is 0 Å². The quantitative estimate of drug-likeness (QED) is 0.840. The van der Waals surface area contributed by atoms with Crippen LogP contribution in [0.5, 0.6) is 0 Å². The molecule has 0 spiro atoms. The van der Waals surface area contributed by atoms with E-state index in [9.17, 15) is 0 Å². The van der Waals surface area contributed by atoms with Gasteiger partial charge in [-0.2, -0.15) is 0 Å². The Morgan fingerprint density at radius 1 is 1.10 bits per heavy atom. The lowest BCUT2D eigenvalue weighted by Gasteiger charge is -2.34. The normalized spacial score (nSPS) is 19.7. The summed E-state index contributed by atoms with van der Waals surface area (Å²) >= 11 is 0. The van der Waals surface area contributed by atoms with Gasteiger partial charge < -0.3 is 10.1 Å². The zero-order valence-electron chi connectivity index (χ0n) is 14.1. The molecule has 1 saturated heterocycles. The molecule has 21 heavy (non-hydrogen) atoms. The Morgan fingerprint density at radius 2 is 1.71 bits per heavy atom. The molecule has 1 fully saturated rings. The molecule has 1 atom stereocenters. The van der Waals surface area contributed by atoms with Gasteiger partial charge in [0.1, 0.15) is 0 Å². The zero-order chi connectivity index (χ0) is 15.3. The summed E-state index contributed by atoms with van der Waals surface area (Å²) in [4.78, 5) is 0. The highest BCUT2D eigenvalue weighted by Gasteiger charge is 2.27. The van der Waals surface area contributed by atoms with E-state index in [0.717, 1.165) is 25.7 Å². The molecule has 0 saturated carbocycles. The Labute approximate surface area is 130 Å². The van der Waals surface area contributed by atoms with Crippen LogP contribution >= 0.6 is 0 Å². The lowest BCUT2D eigenvalue weighted by molar-refractivity contribution is 0.0231. The first-order chi connectivity index (χ1) is 9.98. The summed E-state index contributed by atoms with van der Waals surface area (Å²) in [5.41, 5.74) is 3.22. The third kappa shape index (κ3) is 5.12. The van der Waals surface area contributed by atoms with Gasteiger partial charge in [0.2, 0.25) is 0 Å². The van der Waals surface area contributed by atoms with Crippen molar-refractivity contribution in [1.82, 2.24) is 5.32 Å². The van der Waals surface area contributed by atoms with Crippen LogP contribution in [0.3, 0.4) is 0 Å². The van der Waals surface area contributed by atoms with Crippen molar-refractivity contribution in [2.45, 2.75) is 53.0 Å². The second-order valence-corrected chi connectivity index (χ2v) is 7.37. The Bertz CT molecular complexity index is 418. The molecule has 2 heteroatoms. The maximum atomic E-state index is 5.47. The highest BCUT2D eigenvalue weighted by atomic mass is 16.5. The van der Waals surface area contributed by atoms with E-state index in [1.807, 2.05) is 0 Å². The van der Waals surface area contributed by atoms with Gasteiger partial charge in [-0.3, -0.25) is 0 Å². The predicted octanol–water partition coefficient (Wildman–Crippen LogP) is 4.35. The van der Waals surface area contributed by atoms with Gasteiger partial charge in [-0.25, -0.2) is 0 Å². The molecule has 0 aliphatic carbocycles. The van der Waals surface area contributed by atoms with E-state index in [2.05, 4.69) is 57.3 Å². The largest absolute Gasteiger partial charge is 0.381 e. The summed E-state index contributed by atoms with van der Waals surface area (Å²) in [6.07, 6.45) is 3.50. The average molecular weight is 289 g/mol. The summed E-state index contributed by atoms with van der Waals surface area (Å²) in [5.74, 6) is 0.722.